The fourth-order valence-corrected chi connectivity index (χ4v) is 4.44. The normalized spacial score (nSPS) is 13.6. The van der Waals surface area contributed by atoms with Gasteiger partial charge in [-0.2, -0.15) is 5.10 Å². The number of thiophene rings is 1. The summed E-state index contributed by atoms with van der Waals surface area (Å²) in [5.74, 6) is 0.488. The highest BCUT2D eigenvalue weighted by molar-refractivity contribution is 7.17. The number of nitrogens with one attached hydrogen (secondary N) is 1. The molecule has 0 aliphatic rings. The van der Waals surface area contributed by atoms with Crippen LogP contribution >= 0.6 is 11.3 Å². The second-order valence-corrected chi connectivity index (χ2v) is 8.39. The summed E-state index contributed by atoms with van der Waals surface area (Å²) in [4.78, 5) is 25.8. The first kappa shape index (κ1) is 19.4. The highest BCUT2D eigenvalue weighted by Crippen LogP contribution is 2.24. The minimum absolute atomic E-state index is 0.00400. The molecule has 0 aliphatic carbocycles. The van der Waals surface area contributed by atoms with Gasteiger partial charge < -0.3 is 5.32 Å². The van der Waals surface area contributed by atoms with Crippen LogP contribution in [0.5, 0.6) is 0 Å². The van der Waals surface area contributed by atoms with Crippen molar-refractivity contribution in [1.29, 1.82) is 0 Å². The largest absolute Gasteiger partial charge is 0.352 e. The number of aromatic nitrogens is 3. The number of rotatable bonds is 6. The van der Waals surface area contributed by atoms with Crippen molar-refractivity contribution in [3.05, 3.63) is 69.6 Å². The van der Waals surface area contributed by atoms with E-state index in [1.165, 1.54) is 10.2 Å². The number of hydrogen-bond acceptors (Lipinski definition) is 4. The predicted molar refractivity (Wildman–Crippen MR) is 117 cm³/mol. The lowest BCUT2D eigenvalue weighted by Gasteiger charge is -2.19. The smallest absolute Gasteiger partial charge is 0.291 e. The molecular formula is C22H24N4O2S. The minimum Gasteiger partial charge on any atom is -0.352 e. The molecule has 0 bridgehead atoms. The zero-order chi connectivity index (χ0) is 20.5. The van der Waals surface area contributed by atoms with E-state index in [1.807, 2.05) is 54.0 Å². The van der Waals surface area contributed by atoms with E-state index in [9.17, 15) is 9.59 Å². The van der Waals surface area contributed by atoms with Crippen molar-refractivity contribution < 1.29 is 4.79 Å². The average molecular weight is 409 g/mol. The van der Waals surface area contributed by atoms with Gasteiger partial charge in [-0.25, -0.2) is 4.68 Å². The number of hydrogen-bond donors (Lipinski definition) is 1. The summed E-state index contributed by atoms with van der Waals surface area (Å²) in [6.07, 6.45) is 1.72. The van der Waals surface area contributed by atoms with E-state index < -0.39 is 6.04 Å². The van der Waals surface area contributed by atoms with Gasteiger partial charge >= 0.3 is 0 Å². The lowest BCUT2D eigenvalue weighted by Crippen LogP contribution is -2.41. The van der Waals surface area contributed by atoms with Crippen LogP contribution in [0.4, 0.5) is 0 Å². The summed E-state index contributed by atoms with van der Waals surface area (Å²) in [5, 5.41) is 9.45. The first-order valence-electron chi connectivity index (χ1n) is 9.78. The van der Waals surface area contributed by atoms with E-state index in [0.29, 0.717) is 11.3 Å². The highest BCUT2D eigenvalue weighted by Gasteiger charge is 2.22. The fraction of sp³-hybridized carbons (Fsp3) is 0.318. The van der Waals surface area contributed by atoms with Gasteiger partial charge in [0.1, 0.15) is 17.4 Å². The molecular weight excluding hydrogens is 384 g/mol. The number of amides is 1. The van der Waals surface area contributed by atoms with Crippen LogP contribution in [0.1, 0.15) is 37.7 Å². The second-order valence-electron chi connectivity index (χ2n) is 7.44. The second kappa shape index (κ2) is 7.83. The molecule has 3 aromatic heterocycles. The topological polar surface area (TPSA) is 68.4 Å². The van der Waals surface area contributed by atoms with Gasteiger partial charge in [-0.05, 0) is 56.7 Å². The van der Waals surface area contributed by atoms with Crippen LogP contribution in [-0.2, 0) is 11.2 Å². The zero-order valence-corrected chi connectivity index (χ0v) is 17.6. The third kappa shape index (κ3) is 3.70. The summed E-state index contributed by atoms with van der Waals surface area (Å²) in [6, 6.07) is 13.4. The Balaban J connectivity index is 1.51. The zero-order valence-electron chi connectivity index (χ0n) is 16.8. The molecule has 2 unspecified atom stereocenters. The lowest BCUT2D eigenvalue weighted by molar-refractivity contribution is -0.124. The SMILES string of the molecule is Cc1nn(C(C)C(=O)NC(C)CCc2ccccc2)c(=O)c2cc3sccc3n12. The standard InChI is InChI=1S/C22H24N4O2S/c1-14(9-10-17-7-5-4-6-8-17)23-21(27)15(2)26-22(28)19-13-20-18(11-12-29-20)25(19)16(3)24-26/h4-8,11-15H,9-10H2,1-3H3,(H,23,27). The minimum atomic E-state index is -0.682. The van der Waals surface area contributed by atoms with E-state index in [1.54, 1.807) is 18.3 Å². The molecule has 2 atom stereocenters. The Morgan fingerprint density at radius 2 is 1.93 bits per heavy atom. The van der Waals surface area contributed by atoms with Gasteiger partial charge in [0.2, 0.25) is 5.91 Å². The molecule has 0 saturated carbocycles. The van der Waals surface area contributed by atoms with Gasteiger partial charge in [0.05, 0.1) is 10.2 Å². The van der Waals surface area contributed by atoms with Crippen LogP contribution in [0, 0.1) is 6.92 Å². The number of benzene rings is 1. The van der Waals surface area contributed by atoms with Gasteiger partial charge in [0.15, 0.2) is 0 Å². The van der Waals surface area contributed by atoms with Crippen LogP contribution in [0.2, 0.25) is 0 Å². The molecule has 1 aromatic carbocycles. The van der Waals surface area contributed by atoms with Gasteiger partial charge in [-0.3, -0.25) is 14.0 Å². The Kier molecular flexibility index (Phi) is 5.24. The molecule has 0 spiro atoms. The molecule has 4 aromatic rings. The summed E-state index contributed by atoms with van der Waals surface area (Å²) >= 11 is 1.59. The van der Waals surface area contributed by atoms with E-state index in [-0.39, 0.29) is 17.5 Å². The van der Waals surface area contributed by atoms with E-state index >= 15 is 0 Å². The van der Waals surface area contributed by atoms with Gasteiger partial charge in [-0.1, -0.05) is 30.3 Å². The summed E-state index contributed by atoms with van der Waals surface area (Å²) in [6.45, 7) is 5.56. The maximum atomic E-state index is 13.0. The first-order valence-corrected chi connectivity index (χ1v) is 10.7. The maximum Gasteiger partial charge on any atom is 0.291 e. The Bertz CT molecular complexity index is 1220. The molecule has 0 fully saturated rings. The van der Waals surface area contributed by atoms with Crippen LogP contribution in [0.15, 0.2) is 52.6 Å². The Morgan fingerprint density at radius 3 is 2.69 bits per heavy atom. The summed E-state index contributed by atoms with van der Waals surface area (Å²) in [7, 11) is 0. The van der Waals surface area contributed by atoms with Crippen molar-refractivity contribution in [2.75, 3.05) is 0 Å². The monoisotopic (exact) mass is 408 g/mol. The molecule has 0 saturated heterocycles. The average Bonchev–Trinajstić information content (AvgIpc) is 3.31. The number of aryl methyl sites for hydroxylation is 2. The molecule has 0 radical (unpaired) electrons. The van der Waals surface area contributed by atoms with Crippen LogP contribution in [-0.4, -0.2) is 26.1 Å². The van der Waals surface area contributed by atoms with Crippen LogP contribution in [0.3, 0.4) is 0 Å². The van der Waals surface area contributed by atoms with Crippen LogP contribution in [0.25, 0.3) is 15.7 Å². The summed E-state index contributed by atoms with van der Waals surface area (Å²) in [5.41, 5.74) is 2.52. The first-order chi connectivity index (χ1) is 14.0. The molecule has 150 valence electrons. The van der Waals surface area contributed by atoms with E-state index in [4.69, 9.17) is 0 Å². The predicted octanol–water partition coefficient (Wildman–Crippen LogP) is 3.72. The van der Waals surface area contributed by atoms with Crippen LogP contribution < -0.4 is 10.9 Å². The highest BCUT2D eigenvalue weighted by atomic mass is 32.1. The molecule has 7 heteroatoms. The third-order valence-corrected chi connectivity index (χ3v) is 6.12. The molecule has 1 amide bonds. The van der Waals surface area contributed by atoms with Gasteiger partial charge in [0, 0.05) is 6.04 Å². The third-order valence-electron chi connectivity index (χ3n) is 5.27. The summed E-state index contributed by atoms with van der Waals surface area (Å²) < 4.78 is 4.20. The van der Waals surface area contributed by atoms with E-state index in [0.717, 1.165) is 23.1 Å². The molecule has 3 heterocycles. The molecule has 29 heavy (non-hydrogen) atoms. The Hall–Kier alpha value is -2.93. The van der Waals surface area contributed by atoms with Crippen molar-refractivity contribution in [3.63, 3.8) is 0 Å². The number of carbonyl (C=O) groups excluding carboxylic acids is 1. The molecule has 6 nitrogen and oxygen atoms in total. The van der Waals surface area contributed by atoms with Gasteiger partial charge in [-0.15, -0.1) is 11.3 Å². The quantitative estimate of drug-likeness (QED) is 0.529. The van der Waals surface area contributed by atoms with Gasteiger partial charge in [0.25, 0.3) is 5.56 Å². The number of fused-ring (bicyclic) bond motifs is 3. The van der Waals surface area contributed by atoms with Crippen molar-refractivity contribution in [2.24, 2.45) is 0 Å². The lowest BCUT2D eigenvalue weighted by atomic mass is 10.1. The van der Waals surface area contributed by atoms with Crippen molar-refractivity contribution in [3.8, 4) is 0 Å². The van der Waals surface area contributed by atoms with Crippen molar-refractivity contribution in [2.45, 2.75) is 45.7 Å². The fourth-order valence-electron chi connectivity index (χ4n) is 3.63. The Labute approximate surface area is 172 Å². The van der Waals surface area contributed by atoms with E-state index in [2.05, 4.69) is 22.5 Å². The number of carbonyl (C=O) groups is 1. The maximum absolute atomic E-state index is 13.0. The molecule has 0 aliphatic heterocycles. The molecule has 4 rings (SSSR count). The van der Waals surface area contributed by atoms with Crippen molar-refractivity contribution in [1.82, 2.24) is 19.5 Å². The Morgan fingerprint density at radius 1 is 1.17 bits per heavy atom. The van der Waals surface area contributed by atoms with Crippen molar-refractivity contribution >= 4 is 33.0 Å². The number of nitrogens with zero attached hydrogens (tertiary/aromatic N) is 3. The molecule has 1 N–H and O–H groups in total.